The lowest BCUT2D eigenvalue weighted by Gasteiger charge is -2.52. The van der Waals surface area contributed by atoms with Crippen molar-refractivity contribution in [3.63, 3.8) is 0 Å². The van der Waals surface area contributed by atoms with Gasteiger partial charge in [-0.2, -0.15) is 0 Å². The minimum Gasteiger partial charge on any atom is -0.465 e. The molecule has 0 spiro atoms. The van der Waals surface area contributed by atoms with Crippen LogP contribution in [0.15, 0.2) is 36.1 Å². The summed E-state index contributed by atoms with van der Waals surface area (Å²) in [5, 5.41) is 29.8. The molecule has 2 aliphatic rings. The number of benzene rings is 1. The van der Waals surface area contributed by atoms with E-state index in [2.05, 4.69) is 25.6 Å². The van der Waals surface area contributed by atoms with Crippen molar-refractivity contribution in [3.8, 4) is 22.0 Å². The van der Waals surface area contributed by atoms with Crippen LogP contribution in [0, 0.1) is 17.5 Å². The molecule has 2 fully saturated rings. The summed E-state index contributed by atoms with van der Waals surface area (Å²) in [7, 11) is 0.0897. The fraction of sp³-hybridized carbons (Fsp3) is 0.483. The van der Waals surface area contributed by atoms with Crippen molar-refractivity contribution in [1.29, 1.82) is 0 Å². The third kappa shape index (κ3) is 6.82. The number of rotatable bonds is 9. The number of aromatic nitrogens is 7. The SMILES string of the molecule is CO[C@H]1C[SH]([C@@H]2COC[C@H](n3cc(-c4nccs4)nn3)[C@H]2O)[C@H](COC(C)=O)[C@H](OC(C)=O)[C@H]1n1cc(-c2cc(F)c(F)c(F)c2)nn1. The Morgan fingerprint density at radius 2 is 1.77 bits per heavy atom. The van der Waals surface area contributed by atoms with Crippen molar-refractivity contribution in [3.05, 3.63) is 53.6 Å². The minimum absolute atomic E-state index is 0.0255. The maximum atomic E-state index is 14.0. The summed E-state index contributed by atoms with van der Waals surface area (Å²) >= 11 is 1.40. The van der Waals surface area contributed by atoms with Crippen LogP contribution in [0.5, 0.6) is 0 Å². The first-order valence-electron chi connectivity index (χ1n) is 14.8. The van der Waals surface area contributed by atoms with Crippen LogP contribution in [0.3, 0.4) is 0 Å². The lowest BCUT2D eigenvalue weighted by Crippen LogP contribution is -2.57. The van der Waals surface area contributed by atoms with Crippen molar-refractivity contribution >= 4 is 34.2 Å². The molecule has 0 radical (unpaired) electrons. The molecular weight excluding hydrogens is 679 g/mol. The summed E-state index contributed by atoms with van der Waals surface area (Å²) in [5.41, 5.74) is 0.508. The van der Waals surface area contributed by atoms with E-state index >= 15 is 0 Å². The number of thiazole rings is 1. The number of carbonyl (C=O) groups is 2. The van der Waals surface area contributed by atoms with E-state index in [4.69, 9.17) is 18.9 Å². The minimum atomic E-state index is -1.62. The Bertz CT molecular complexity index is 1740. The van der Waals surface area contributed by atoms with Gasteiger partial charge in [0, 0.05) is 49.1 Å². The van der Waals surface area contributed by atoms with Crippen molar-refractivity contribution in [2.75, 3.05) is 32.7 Å². The Balaban J connectivity index is 1.34. The third-order valence-electron chi connectivity index (χ3n) is 8.36. The molecule has 2 aliphatic heterocycles. The van der Waals surface area contributed by atoms with E-state index in [1.165, 1.54) is 43.2 Å². The average Bonchev–Trinajstić information content (AvgIpc) is 3.85. The van der Waals surface area contributed by atoms with Crippen molar-refractivity contribution in [2.24, 2.45) is 0 Å². The van der Waals surface area contributed by atoms with Crippen LogP contribution in [0.1, 0.15) is 25.9 Å². The number of halogens is 3. The number of ether oxygens (including phenoxy) is 4. The lowest BCUT2D eigenvalue weighted by molar-refractivity contribution is -0.154. The van der Waals surface area contributed by atoms with E-state index < -0.39 is 81.2 Å². The van der Waals surface area contributed by atoms with Gasteiger partial charge in [-0.1, -0.05) is 10.4 Å². The number of aliphatic hydroxyl groups excluding tert-OH is 1. The molecule has 1 aromatic carbocycles. The summed E-state index contributed by atoms with van der Waals surface area (Å²) in [6.07, 6.45) is 2.06. The summed E-state index contributed by atoms with van der Waals surface area (Å²) in [4.78, 5) is 28.9. The number of thiol groups is 1. The normalized spacial score (nSPS) is 28.2. The van der Waals surface area contributed by atoms with Gasteiger partial charge in [0.1, 0.15) is 41.2 Å². The van der Waals surface area contributed by atoms with E-state index in [9.17, 15) is 27.9 Å². The fourth-order valence-corrected chi connectivity index (χ4v) is 10.3. The molecular formula is C29H32F3N7O7S2. The van der Waals surface area contributed by atoms with Crippen LogP contribution in [0.4, 0.5) is 13.2 Å². The zero-order chi connectivity index (χ0) is 34.1. The maximum Gasteiger partial charge on any atom is 0.303 e. The molecule has 4 aromatic rings. The smallest absolute Gasteiger partial charge is 0.303 e. The Kier molecular flexibility index (Phi) is 10.1. The van der Waals surface area contributed by atoms with Crippen molar-refractivity contribution in [1.82, 2.24) is 35.0 Å². The molecule has 19 heteroatoms. The molecule has 0 bridgehead atoms. The van der Waals surface area contributed by atoms with Gasteiger partial charge in [-0.3, -0.25) is 9.59 Å². The molecule has 1 N–H and O–H groups in total. The van der Waals surface area contributed by atoms with E-state index in [-0.39, 0.29) is 31.1 Å². The summed E-state index contributed by atoms with van der Waals surface area (Å²) in [6, 6.07) is 0.137. The molecule has 3 aromatic heterocycles. The molecule has 14 nitrogen and oxygen atoms in total. The van der Waals surface area contributed by atoms with Crippen LogP contribution in [0.2, 0.25) is 0 Å². The van der Waals surface area contributed by atoms with Gasteiger partial charge in [0.15, 0.2) is 17.5 Å². The van der Waals surface area contributed by atoms with Gasteiger partial charge in [0.25, 0.3) is 0 Å². The second kappa shape index (κ2) is 14.3. The van der Waals surface area contributed by atoms with E-state index in [1.54, 1.807) is 17.1 Å². The number of hydrogen-bond donors (Lipinski definition) is 2. The quantitative estimate of drug-likeness (QED) is 0.148. The molecule has 1 unspecified atom stereocenters. The first kappa shape index (κ1) is 34.0. The standard InChI is InChI=1S/C29H32F3N7O7S2/c1-14(40)45-12-24-28(46-15(2)41)26(39-8-19(34-37-39)16-6-17(30)25(32)18(31)7-16)22(43-3)13-48(24)23-11-44-10-21(27(23)42)38-9-20(35-36-38)29-33-4-5-47-29/h4-9,21-24,26-28,42,48H,10-13H2,1-3H3/t21-,22-,23+,24+,26-,27+,28-/m0/s1. The highest BCUT2D eigenvalue weighted by Crippen LogP contribution is 2.52. The molecule has 0 amide bonds. The highest BCUT2D eigenvalue weighted by Gasteiger charge is 2.52. The van der Waals surface area contributed by atoms with E-state index in [0.29, 0.717) is 16.5 Å². The van der Waals surface area contributed by atoms with Gasteiger partial charge in [-0.05, 0) is 12.1 Å². The van der Waals surface area contributed by atoms with E-state index in [0.717, 1.165) is 12.1 Å². The Hall–Kier alpha value is -3.91. The van der Waals surface area contributed by atoms with Gasteiger partial charge in [0.2, 0.25) is 0 Å². The zero-order valence-electron chi connectivity index (χ0n) is 25.9. The Labute approximate surface area is 278 Å². The van der Waals surface area contributed by atoms with Crippen LogP contribution in [-0.4, -0.2) is 114 Å². The number of nitrogens with zero attached hydrogens (tertiary/aromatic N) is 7. The molecule has 6 rings (SSSR count). The van der Waals surface area contributed by atoms with E-state index in [1.807, 2.05) is 5.38 Å². The van der Waals surface area contributed by atoms with Gasteiger partial charge in [0.05, 0.1) is 43.1 Å². The lowest BCUT2D eigenvalue weighted by atomic mass is 10.0. The first-order valence-corrected chi connectivity index (χ1v) is 17.3. The second-order valence-corrected chi connectivity index (χ2v) is 14.9. The Morgan fingerprint density at radius 3 is 2.44 bits per heavy atom. The molecule has 5 heterocycles. The molecule has 0 aliphatic carbocycles. The largest absolute Gasteiger partial charge is 0.465 e. The van der Waals surface area contributed by atoms with Crippen molar-refractivity contribution < 1.29 is 46.8 Å². The van der Waals surface area contributed by atoms with Gasteiger partial charge in [-0.15, -0.1) is 21.5 Å². The summed E-state index contributed by atoms with van der Waals surface area (Å²) in [5.74, 6) is -5.27. The first-order chi connectivity index (χ1) is 23.0. The van der Waals surface area contributed by atoms with Crippen LogP contribution in [-0.2, 0) is 28.5 Å². The molecule has 258 valence electrons. The third-order valence-corrected chi connectivity index (χ3v) is 12.5. The van der Waals surface area contributed by atoms with Crippen LogP contribution >= 0.6 is 22.2 Å². The van der Waals surface area contributed by atoms with Crippen LogP contribution < -0.4 is 0 Å². The topological polar surface area (TPSA) is 166 Å². The predicted molar refractivity (Wildman–Crippen MR) is 166 cm³/mol. The summed E-state index contributed by atoms with van der Waals surface area (Å²) in [6.45, 7) is 2.65. The number of aliphatic hydroxyl groups is 1. The van der Waals surface area contributed by atoms with Gasteiger partial charge >= 0.3 is 11.9 Å². The summed E-state index contributed by atoms with van der Waals surface area (Å²) < 4.78 is 67.9. The zero-order valence-corrected chi connectivity index (χ0v) is 27.6. The monoisotopic (exact) mass is 711 g/mol. The number of esters is 2. The number of carbonyl (C=O) groups excluding carboxylic acids is 2. The molecule has 0 saturated carbocycles. The maximum absolute atomic E-state index is 14.0. The highest BCUT2D eigenvalue weighted by atomic mass is 32.2. The van der Waals surface area contributed by atoms with Crippen molar-refractivity contribution in [2.45, 2.75) is 54.7 Å². The van der Waals surface area contributed by atoms with Gasteiger partial charge in [-0.25, -0.2) is 38.4 Å². The molecule has 2 saturated heterocycles. The predicted octanol–water partition coefficient (Wildman–Crippen LogP) is 2.51. The Morgan fingerprint density at radius 1 is 1.06 bits per heavy atom. The second-order valence-electron chi connectivity index (χ2n) is 11.3. The highest BCUT2D eigenvalue weighted by molar-refractivity contribution is 8.18. The number of hydrogen-bond acceptors (Lipinski definition) is 13. The average molecular weight is 712 g/mol. The molecule has 8 atom stereocenters. The van der Waals surface area contributed by atoms with Crippen LogP contribution in [0.25, 0.3) is 22.0 Å². The number of methoxy groups -OCH3 is 1. The fourth-order valence-electron chi connectivity index (χ4n) is 6.16. The van der Waals surface area contributed by atoms with Gasteiger partial charge < -0.3 is 24.1 Å². The molecule has 48 heavy (non-hydrogen) atoms.